The van der Waals surface area contributed by atoms with Crippen LogP contribution >= 0.6 is 0 Å². The van der Waals surface area contributed by atoms with Gasteiger partial charge in [0.2, 0.25) is 0 Å². The number of nitrogens with zero attached hydrogens (tertiary/aromatic N) is 1. The Labute approximate surface area is 81.9 Å². The van der Waals surface area contributed by atoms with E-state index in [2.05, 4.69) is 25.8 Å². The fourth-order valence-corrected chi connectivity index (χ4v) is 2.36. The number of piperidine rings is 1. The highest BCUT2D eigenvalue weighted by atomic mass is 16.3. The van der Waals surface area contributed by atoms with E-state index >= 15 is 0 Å². The molecule has 78 valence electrons. The van der Waals surface area contributed by atoms with Gasteiger partial charge in [-0.2, -0.15) is 0 Å². The summed E-state index contributed by atoms with van der Waals surface area (Å²) in [4.78, 5) is 2.38. The first-order valence-corrected chi connectivity index (χ1v) is 5.44. The van der Waals surface area contributed by atoms with Crippen molar-refractivity contribution >= 4 is 0 Å². The van der Waals surface area contributed by atoms with Crippen LogP contribution in [0.5, 0.6) is 0 Å². The lowest BCUT2D eigenvalue weighted by Crippen LogP contribution is -2.36. The monoisotopic (exact) mass is 185 g/mol. The van der Waals surface area contributed by atoms with Gasteiger partial charge >= 0.3 is 0 Å². The Morgan fingerprint density at radius 3 is 2.23 bits per heavy atom. The maximum atomic E-state index is 9.30. The van der Waals surface area contributed by atoms with Gasteiger partial charge in [-0.15, -0.1) is 0 Å². The zero-order valence-electron chi connectivity index (χ0n) is 9.16. The van der Waals surface area contributed by atoms with E-state index in [0.717, 1.165) is 5.92 Å². The quantitative estimate of drug-likeness (QED) is 0.722. The van der Waals surface area contributed by atoms with Crippen LogP contribution in [0.3, 0.4) is 0 Å². The maximum absolute atomic E-state index is 9.30. The average Bonchev–Trinajstić information content (AvgIpc) is 2.09. The number of rotatable bonds is 3. The summed E-state index contributed by atoms with van der Waals surface area (Å²) in [5.74, 6) is 1.90. The SMILES string of the molecule is CC(C)C(CO)C1CCN(C)CC1. The third kappa shape index (κ3) is 2.96. The summed E-state index contributed by atoms with van der Waals surface area (Å²) in [5, 5.41) is 9.30. The summed E-state index contributed by atoms with van der Waals surface area (Å²) in [6, 6.07) is 0. The van der Waals surface area contributed by atoms with E-state index in [0.29, 0.717) is 18.4 Å². The first-order valence-electron chi connectivity index (χ1n) is 5.44. The second-order valence-electron chi connectivity index (χ2n) is 4.73. The van der Waals surface area contributed by atoms with Crippen LogP contribution in [0, 0.1) is 17.8 Å². The summed E-state index contributed by atoms with van der Waals surface area (Å²) in [7, 11) is 2.18. The molecule has 0 spiro atoms. The van der Waals surface area contributed by atoms with Crippen molar-refractivity contribution in [1.29, 1.82) is 0 Å². The van der Waals surface area contributed by atoms with Gasteiger partial charge in [0.25, 0.3) is 0 Å². The van der Waals surface area contributed by atoms with E-state index in [9.17, 15) is 5.11 Å². The Kier molecular flexibility index (Phi) is 4.20. The molecule has 1 heterocycles. The van der Waals surface area contributed by atoms with Crippen LogP contribution in [0.2, 0.25) is 0 Å². The van der Waals surface area contributed by atoms with Crippen molar-refractivity contribution < 1.29 is 5.11 Å². The highest BCUT2D eigenvalue weighted by Crippen LogP contribution is 2.29. The minimum Gasteiger partial charge on any atom is -0.396 e. The van der Waals surface area contributed by atoms with E-state index < -0.39 is 0 Å². The van der Waals surface area contributed by atoms with Crippen LogP contribution in [-0.2, 0) is 0 Å². The molecule has 0 aromatic carbocycles. The standard InChI is InChI=1S/C11H23NO/c1-9(2)11(8-13)10-4-6-12(3)7-5-10/h9-11,13H,4-8H2,1-3H3. The number of aliphatic hydroxyl groups excluding tert-OH is 1. The Bertz CT molecular complexity index is 139. The third-order valence-electron chi connectivity index (χ3n) is 3.44. The highest BCUT2D eigenvalue weighted by molar-refractivity contribution is 4.77. The molecule has 0 aliphatic carbocycles. The number of aliphatic hydroxyl groups is 1. The van der Waals surface area contributed by atoms with Gasteiger partial charge in [-0.3, -0.25) is 0 Å². The smallest absolute Gasteiger partial charge is 0.0464 e. The van der Waals surface area contributed by atoms with Crippen molar-refractivity contribution in [1.82, 2.24) is 4.90 Å². The Balaban J connectivity index is 2.41. The van der Waals surface area contributed by atoms with Crippen molar-refractivity contribution in [3.8, 4) is 0 Å². The molecule has 1 rings (SSSR count). The average molecular weight is 185 g/mol. The zero-order valence-corrected chi connectivity index (χ0v) is 9.16. The molecular formula is C11H23NO. The molecule has 13 heavy (non-hydrogen) atoms. The van der Waals surface area contributed by atoms with Crippen LogP contribution in [0.15, 0.2) is 0 Å². The minimum atomic E-state index is 0.367. The van der Waals surface area contributed by atoms with Crippen LogP contribution in [0.25, 0.3) is 0 Å². The van der Waals surface area contributed by atoms with Gasteiger partial charge in [0, 0.05) is 6.61 Å². The topological polar surface area (TPSA) is 23.5 Å². The first-order chi connectivity index (χ1) is 6.15. The minimum absolute atomic E-state index is 0.367. The van der Waals surface area contributed by atoms with Gasteiger partial charge in [-0.25, -0.2) is 0 Å². The normalized spacial score (nSPS) is 23.8. The Morgan fingerprint density at radius 2 is 1.85 bits per heavy atom. The summed E-state index contributed by atoms with van der Waals surface area (Å²) in [6.07, 6.45) is 2.53. The Morgan fingerprint density at radius 1 is 1.31 bits per heavy atom. The van der Waals surface area contributed by atoms with E-state index in [1.165, 1.54) is 25.9 Å². The number of hydrogen-bond donors (Lipinski definition) is 1. The van der Waals surface area contributed by atoms with Gasteiger partial charge < -0.3 is 10.0 Å². The molecule has 0 aromatic rings. The Hall–Kier alpha value is -0.0800. The van der Waals surface area contributed by atoms with Gasteiger partial charge in [0.1, 0.15) is 0 Å². The van der Waals surface area contributed by atoms with Crippen molar-refractivity contribution in [2.75, 3.05) is 26.7 Å². The fraction of sp³-hybridized carbons (Fsp3) is 1.00. The first kappa shape index (κ1) is 11.0. The predicted molar refractivity (Wildman–Crippen MR) is 55.6 cm³/mol. The van der Waals surface area contributed by atoms with Gasteiger partial charge in [-0.05, 0) is 50.7 Å². The molecule has 1 atom stereocenters. The lowest BCUT2D eigenvalue weighted by atomic mass is 9.78. The van der Waals surface area contributed by atoms with Crippen LogP contribution in [0.1, 0.15) is 26.7 Å². The predicted octanol–water partition coefficient (Wildman–Crippen LogP) is 1.59. The second kappa shape index (κ2) is 4.97. The molecule has 0 aromatic heterocycles. The molecular weight excluding hydrogens is 162 g/mol. The molecule has 0 bridgehead atoms. The largest absolute Gasteiger partial charge is 0.396 e. The second-order valence-corrected chi connectivity index (χ2v) is 4.73. The summed E-state index contributed by atoms with van der Waals surface area (Å²) in [5.41, 5.74) is 0. The molecule has 0 saturated carbocycles. The fourth-order valence-electron chi connectivity index (χ4n) is 2.36. The van der Waals surface area contributed by atoms with E-state index in [1.54, 1.807) is 0 Å². The molecule has 1 aliphatic rings. The van der Waals surface area contributed by atoms with Crippen molar-refractivity contribution in [3.63, 3.8) is 0 Å². The lowest BCUT2D eigenvalue weighted by Gasteiger charge is -2.35. The molecule has 1 unspecified atom stereocenters. The lowest BCUT2D eigenvalue weighted by molar-refractivity contribution is 0.0892. The number of hydrogen-bond acceptors (Lipinski definition) is 2. The molecule has 0 radical (unpaired) electrons. The van der Waals surface area contributed by atoms with E-state index in [-0.39, 0.29) is 0 Å². The third-order valence-corrected chi connectivity index (χ3v) is 3.44. The molecule has 1 aliphatic heterocycles. The molecule has 2 heteroatoms. The number of likely N-dealkylation sites (tertiary alicyclic amines) is 1. The van der Waals surface area contributed by atoms with Crippen molar-refractivity contribution in [3.05, 3.63) is 0 Å². The maximum Gasteiger partial charge on any atom is 0.0464 e. The van der Waals surface area contributed by atoms with Gasteiger partial charge in [0.05, 0.1) is 0 Å². The molecule has 1 saturated heterocycles. The summed E-state index contributed by atoms with van der Waals surface area (Å²) in [6.45, 7) is 7.21. The van der Waals surface area contributed by atoms with E-state index in [4.69, 9.17) is 0 Å². The van der Waals surface area contributed by atoms with Gasteiger partial charge in [0.15, 0.2) is 0 Å². The molecule has 1 N–H and O–H groups in total. The van der Waals surface area contributed by atoms with Crippen LogP contribution in [-0.4, -0.2) is 36.8 Å². The van der Waals surface area contributed by atoms with Crippen molar-refractivity contribution in [2.24, 2.45) is 17.8 Å². The highest BCUT2D eigenvalue weighted by Gasteiger charge is 2.26. The van der Waals surface area contributed by atoms with Crippen LogP contribution < -0.4 is 0 Å². The molecule has 0 amide bonds. The summed E-state index contributed by atoms with van der Waals surface area (Å²) >= 11 is 0. The molecule has 2 nitrogen and oxygen atoms in total. The van der Waals surface area contributed by atoms with Crippen LogP contribution in [0.4, 0.5) is 0 Å². The molecule has 1 fully saturated rings. The zero-order chi connectivity index (χ0) is 9.84. The van der Waals surface area contributed by atoms with Crippen molar-refractivity contribution in [2.45, 2.75) is 26.7 Å². The van der Waals surface area contributed by atoms with E-state index in [1.807, 2.05) is 0 Å². The van der Waals surface area contributed by atoms with Gasteiger partial charge in [-0.1, -0.05) is 13.8 Å². The summed E-state index contributed by atoms with van der Waals surface area (Å²) < 4.78 is 0.